The predicted octanol–water partition coefficient (Wildman–Crippen LogP) is 1.56. The smallest absolute Gasteiger partial charge is 0.370 e. The fraction of sp³-hybridized carbons (Fsp3) is 0.333. The zero-order valence-electron chi connectivity index (χ0n) is 23.3. The van der Waals surface area contributed by atoms with Crippen molar-refractivity contribution in [3.8, 4) is 11.8 Å². The number of para-hydroxylation sites is 1. The van der Waals surface area contributed by atoms with Gasteiger partial charge < -0.3 is 14.0 Å². The van der Waals surface area contributed by atoms with Crippen molar-refractivity contribution in [3.05, 3.63) is 71.0 Å². The molecule has 13 nitrogen and oxygen atoms in total. The Morgan fingerprint density at radius 1 is 0.976 bits per heavy atom. The summed E-state index contributed by atoms with van der Waals surface area (Å²) < 4.78 is 59.1. The van der Waals surface area contributed by atoms with Gasteiger partial charge in [-0.1, -0.05) is 12.1 Å². The first kappa shape index (κ1) is 29.4. The molecule has 0 unspecified atom stereocenters. The van der Waals surface area contributed by atoms with E-state index in [1.807, 2.05) is 11.0 Å². The molecule has 42 heavy (non-hydrogen) atoms. The molecule has 2 aliphatic rings. The summed E-state index contributed by atoms with van der Waals surface area (Å²) in [5.41, 5.74) is 2.24. The molecular formula is C27H29N7O6S2. The van der Waals surface area contributed by atoms with E-state index < -0.39 is 26.2 Å². The molecular weight excluding hydrogens is 582 g/mol. The number of nitriles is 1. The summed E-state index contributed by atoms with van der Waals surface area (Å²) in [5, 5.41) is 9.20. The number of aromatic nitrogens is 2. The maximum Gasteiger partial charge on any atom is 0.384 e. The van der Waals surface area contributed by atoms with Gasteiger partial charge in [-0.15, -0.1) is 0 Å². The van der Waals surface area contributed by atoms with E-state index in [2.05, 4.69) is 9.97 Å². The normalized spacial score (nSPS) is 15.9. The van der Waals surface area contributed by atoms with Gasteiger partial charge in [0.25, 0.3) is 5.91 Å². The largest absolute Gasteiger partial charge is 0.384 e. The second kappa shape index (κ2) is 11.3. The molecule has 2 aliphatic heterocycles. The first-order valence-corrected chi connectivity index (χ1v) is 15.9. The Bertz CT molecular complexity index is 1800. The fourth-order valence-electron chi connectivity index (χ4n) is 4.83. The van der Waals surface area contributed by atoms with Gasteiger partial charge in [0.2, 0.25) is 16.0 Å². The third-order valence-corrected chi connectivity index (χ3v) is 10.2. The first-order chi connectivity index (χ1) is 19.9. The maximum absolute atomic E-state index is 13.5. The minimum atomic E-state index is -4.08. The molecule has 1 saturated heterocycles. The van der Waals surface area contributed by atoms with Gasteiger partial charge in [0, 0.05) is 58.2 Å². The molecule has 2 aromatic carbocycles. The number of aryl methyl sites for hydroxylation is 1. The quantitative estimate of drug-likeness (QED) is 0.384. The molecule has 1 aromatic heterocycles. The van der Waals surface area contributed by atoms with Crippen molar-refractivity contribution >= 4 is 37.9 Å². The molecule has 0 saturated carbocycles. The van der Waals surface area contributed by atoms with E-state index >= 15 is 0 Å². The number of fused-ring (bicyclic) bond motifs is 1. The van der Waals surface area contributed by atoms with Crippen molar-refractivity contribution in [2.24, 2.45) is 0 Å². The molecule has 0 spiro atoms. The van der Waals surface area contributed by atoms with Crippen LogP contribution in [0.4, 0.5) is 11.6 Å². The van der Waals surface area contributed by atoms with E-state index in [1.54, 1.807) is 37.3 Å². The van der Waals surface area contributed by atoms with Crippen LogP contribution in [0.3, 0.4) is 0 Å². The molecule has 3 heterocycles. The summed E-state index contributed by atoms with van der Waals surface area (Å²) in [4.78, 5) is 25.6. The third kappa shape index (κ3) is 5.66. The number of sulfonamides is 1. The number of rotatable bonds is 7. The van der Waals surface area contributed by atoms with Crippen LogP contribution in [0.25, 0.3) is 0 Å². The average Bonchev–Trinajstić information content (AvgIpc) is 3.40. The van der Waals surface area contributed by atoms with Crippen molar-refractivity contribution in [1.29, 1.82) is 5.26 Å². The second-order valence-electron chi connectivity index (χ2n) is 10.0. The van der Waals surface area contributed by atoms with Gasteiger partial charge in [0.05, 0.1) is 10.5 Å². The number of nitrogens with zero attached hydrogens (tertiary/aromatic N) is 7. The molecule has 0 N–H and O–H groups in total. The number of piperazine rings is 1. The summed E-state index contributed by atoms with van der Waals surface area (Å²) in [6.07, 6.45) is 0.434. The van der Waals surface area contributed by atoms with Gasteiger partial charge in [-0.3, -0.25) is 4.79 Å². The highest BCUT2D eigenvalue weighted by molar-refractivity contribution is 7.89. The Morgan fingerprint density at radius 2 is 1.69 bits per heavy atom. The highest BCUT2D eigenvalue weighted by atomic mass is 32.2. The number of hydrogen-bond acceptors (Lipinski definition) is 10. The molecule has 0 aliphatic carbocycles. The van der Waals surface area contributed by atoms with E-state index in [0.717, 1.165) is 4.31 Å². The zero-order chi connectivity index (χ0) is 30.2. The molecule has 15 heteroatoms. The van der Waals surface area contributed by atoms with Crippen LogP contribution in [0.2, 0.25) is 0 Å². The van der Waals surface area contributed by atoms with Gasteiger partial charge in [-0.25, -0.2) is 18.4 Å². The summed E-state index contributed by atoms with van der Waals surface area (Å²) in [7, 11) is -5.25. The second-order valence-corrected chi connectivity index (χ2v) is 13.7. The molecule has 3 aromatic rings. The topological polar surface area (TPSA) is 157 Å². The van der Waals surface area contributed by atoms with Gasteiger partial charge in [-0.05, 0) is 55.3 Å². The number of carbonyl (C=O) groups excluding carboxylic acids is 1. The van der Waals surface area contributed by atoms with Crippen molar-refractivity contribution in [2.75, 3.05) is 56.6 Å². The van der Waals surface area contributed by atoms with Crippen LogP contribution >= 0.6 is 0 Å². The van der Waals surface area contributed by atoms with Crippen LogP contribution in [-0.2, 0) is 26.7 Å². The molecule has 1 fully saturated rings. The van der Waals surface area contributed by atoms with Gasteiger partial charge in [-0.2, -0.15) is 22.3 Å². The highest BCUT2D eigenvalue weighted by Gasteiger charge is 2.33. The van der Waals surface area contributed by atoms with E-state index in [1.165, 1.54) is 41.5 Å². The lowest BCUT2D eigenvalue weighted by atomic mass is 10.1. The highest BCUT2D eigenvalue weighted by Crippen LogP contribution is 2.34. The summed E-state index contributed by atoms with van der Waals surface area (Å²) in [6, 6.07) is 14.4. The fourth-order valence-corrected chi connectivity index (χ4v) is 6.82. The third-order valence-electron chi connectivity index (χ3n) is 7.07. The van der Waals surface area contributed by atoms with Crippen molar-refractivity contribution in [3.63, 3.8) is 0 Å². The summed E-state index contributed by atoms with van der Waals surface area (Å²) in [6.45, 7) is 3.24. The Kier molecular flexibility index (Phi) is 7.90. The van der Waals surface area contributed by atoms with Crippen LogP contribution < -0.4 is 14.0 Å². The minimum absolute atomic E-state index is 0.0739. The van der Waals surface area contributed by atoms with Crippen molar-refractivity contribution in [1.82, 2.24) is 18.6 Å². The van der Waals surface area contributed by atoms with Crippen molar-refractivity contribution < 1.29 is 25.8 Å². The Hall–Kier alpha value is -4.10. The molecule has 220 valence electrons. The number of benzene rings is 2. The molecule has 0 radical (unpaired) electrons. The van der Waals surface area contributed by atoms with Crippen LogP contribution in [-0.4, -0.2) is 88.1 Å². The Morgan fingerprint density at radius 3 is 2.38 bits per heavy atom. The Balaban J connectivity index is 1.32. The molecule has 0 bridgehead atoms. The first-order valence-electron chi connectivity index (χ1n) is 13.1. The zero-order valence-corrected chi connectivity index (χ0v) is 24.9. The van der Waals surface area contributed by atoms with Crippen LogP contribution in [0.5, 0.6) is 5.75 Å². The van der Waals surface area contributed by atoms with Crippen LogP contribution in [0, 0.1) is 18.3 Å². The summed E-state index contributed by atoms with van der Waals surface area (Å²) >= 11 is 0. The molecule has 5 rings (SSSR count). The van der Waals surface area contributed by atoms with E-state index in [0.29, 0.717) is 48.9 Å². The Labute approximate surface area is 244 Å². The van der Waals surface area contributed by atoms with Crippen LogP contribution in [0.1, 0.15) is 27.3 Å². The predicted molar refractivity (Wildman–Crippen MR) is 154 cm³/mol. The standard InChI is InChI=1S/C27H29N7O6S2/c1-19-16-21(18-28)30-27(29-19)32-12-14-33(15-13-32)41(36,37)22-8-9-24-20(17-22)10-11-34(24)26(35)23-6-4-5-7-25(23)40-42(38,39)31(2)3/h4-9,16-17H,10-15H2,1-3H3. The lowest BCUT2D eigenvalue weighted by Gasteiger charge is -2.34. The molecule has 0 atom stereocenters. The van der Waals surface area contributed by atoms with Gasteiger partial charge >= 0.3 is 10.3 Å². The molecule has 1 amide bonds. The number of anilines is 2. The lowest BCUT2D eigenvalue weighted by molar-refractivity contribution is 0.0988. The van der Waals surface area contributed by atoms with Gasteiger partial charge in [0.15, 0.2) is 5.75 Å². The SMILES string of the molecule is Cc1cc(C#N)nc(N2CCN(S(=O)(=O)c3ccc4c(c3)CCN4C(=O)c3ccccc3OS(=O)(=O)N(C)C)CC2)n1. The van der Waals surface area contributed by atoms with Crippen molar-refractivity contribution in [2.45, 2.75) is 18.2 Å². The van der Waals surface area contributed by atoms with E-state index in [9.17, 15) is 26.9 Å². The lowest BCUT2D eigenvalue weighted by Crippen LogP contribution is -2.49. The summed E-state index contributed by atoms with van der Waals surface area (Å²) in [5.74, 6) is -0.150. The van der Waals surface area contributed by atoms with E-state index in [-0.39, 0.29) is 35.0 Å². The van der Waals surface area contributed by atoms with E-state index in [4.69, 9.17) is 4.18 Å². The monoisotopic (exact) mass is 611 g/mol. The minimum Gasteiger partial charge on any atom is -0.370 e. The number of carbonyl (C=O) groups is 1. The number of hydrogen-bond donors (Lipinski definition) is 0. The van der Waals surface area contributed by atoms with Gasteiger partial charge in [0.1, 0.15) is 11.8 Å². The average molecular weight is 612 g/mol. The maximum atomic E-state index is 13.5. The number of amides is 1. The van der Waals surface area contributed by atoms with Crippen LogP contribution in [0.15, 0.2) is 53.4 Å².